The van der Waals surface area contributed by atoms with Crippen LogP contribution in [0.2, 0.25) is 0 Å². The van der Waals surface area contributed by atoms with Crippen molar-refractivity contribution >= 4 is 40.1 Å². The summed E-state index contributed by atoms with van der Waals surface area (Å²) < 4.78 is 0. The Balaban J connectivity index is 1.89. The summed E-state index contributed by atoms with van der Waals surface area (Å²) in [5.41, 5.74) is 2.86. The normalized spacial score (nSPS) is 17.0. The molecule has 1 aromatic carbocycles. The van der Waals surface area contributed by atoms with Gasteiger partial charge in [-0.25, -0.2) is 0 Å². The summed E-state index contributed by atoms with van der Waals surface area (Å²) >= 11 is 2.79. The second-order valence-electron chi connectivity index (χ2n) is 6.45. The smallest absolute Gasteiger partial charge is 0.294 e. The molecule has 0 fully saturated rings. The fourth-order valence-electron chi connectivity index (χ4n) is 3.26. The van der Waals surface area contributed by atoms with Gasteiger partial charge in [-0.2, -0.15) is 0 Å². The Bertz CT molecular complexity index is 1050. The van der Waals surface area contributed by atoms with Crippen molar-refractivity contribution in [1.29, 1.82) is 0 Å². The Morgan fingerprint density at radius 2 is 1.78 bits per heavy atom. The quantitative estimate of drug-likeness (QED) is 0.617. The largest absolute Gasteiger partial charge is 0.503 e. The molecule has 0 spiro atoms. The second kappa shape index (κ2) is 6.79. The zero-order valence-corrected chi connectivity index (χ0v) is 16.4. The number of ketones is 1. The van der Waals surface area contributed by atoms with Gasteiger partial charge < -0.3 is 5.11 Å². The maximum atomic E-state index is 13.1. The first-order valence-corrected chi connectivity index (χ1v) is 10.2. The lowest BCUT2D eigenvalue weighted by molar-refractivity contribution is -0.117. The summed E-state index contributed by atoms with van der Waals surface area (Å²) in [6.45, 7) is 3.92. The van der Waals surface area contributed by atoms with Crippen molar-refractivity contribution in [2.75, 3.05) is 4.90 Å². The number of Topliss-reactive ketones (excluding diaryl/α,β-unsaturated/α-hetero) is 1. The van der Waals surface area contributed by atoms with Crippen molar-refractivity contribution in [3.8, 4) is 0 Å². The van der Waals surface area contributed by atoms with Gasteiger partial charge in [0.2, 0.25) is 5.78 Å². The van der Waals surface area contributed by atoms with Gasteiger partial charge in [-0.05, 0) is 54.4 Å². The number of aliphatic hydroxyl groups is 1. The summed E-state index contributed by atoms with van der Waals surface area (Å²) in [6.07, 6.45) is 0. The van der Waals surface area contributed by atoms with Crippen molar-refractivity contribution in [1.82, 2.24) is 0 Å². The van der Waals surface area contributed by atoms with Crippen LogP contribution in [0.15, 0.2) is 64.6 Å². The molecule has 3 aromatic rings. The molecule has 136 valence electrons. The number of aliphatic hydroxyl groups excluding tert-OH is 1. The van der Waals surface area contributed by atoms with Crippen LogP contribution in [0.5, 0.6) is 0 Å². The van der Waals surface area contributed by atoms with Crippen molar-refractivity contribution < 1.29 is 14.7 Å². The predicted octanol–water partition coefficient (Wildman–Crippen LogP) is 5.21. The summed E-state index contributed by atoms with van der Waals surface area (Å²) in [5.74, 6) is -1.31. The minimum Gasteiger partial charge on any atom is -0.503 e. The lowest BCUT2D eigenvalue weighted by atomic mass is 9.98. The molecule has 4 rings (SSSR count). The van der Waals surface area contributed by atoms with Crippen molar-refractivity contribution in [2.45, 2.75) is 19.9 Å². The highest BCUT2D eigenvalue weighted by atomic mass is 32.1. The van der Waals surface area contributed by atoms with Gasteiger partial charge in [0.1, 0.15) is 6.04 Å². The van der Waals surface area contributed by atoms with Crippen molar-refractivity contribution in [3.63, 3.8) is 0 Å². The van der Waals surface area contributed by atoms with Crippen molar-refractivity contribution in [2.24, 2.45) is 0 Å². The zero-order valence-electron chi connectivity index (χ0n) is 14.8. The van der Waals surface area contributed by atoms with Crippen LogP contribution in [0, 0.1) is 13.8 Å². The van der Waals surface area contributed by atoms with Crippen LogP contribution in [0.25, 0.3) is 0 Å². The first-order chi connectivity index (χ1) is 13.0. The number of hydrogen-bond acceptors (Lipinski definition) is 5. The minimum atomic E-state index is -0.630. The van der Waals surface area contributed by atoms with Crippen molar-refractivity contribution in [3.05, 3.63) is 85.4 Å². The lowest BCUT2D eigenvalue weighted by Crippen LogP contribution is -2.30. The molecule has 4 nitrogen and oxygen atoms in total. The van der Waals surface area contributed by atoms with E-state index in [1.54, 1.807) is 12.1 Å². The third kappa shape index (κ3) is 2.91. The fraction of sp³-hybridized carbons (Fsp3) is 0.143. The van der Waals surface area contributed by atoms with Gasteiger partial charge in [-0.3, -0.25) is 14.5 Å². The van der Waals surface area contributed by atoms with E-state index in [1.807, 2.05) is 54.9 Å². The average molecular weight is 396 g/mol. The van der Waals surface area contributed by atoms with Crippen LogP contribution in [0.4, 0.5) is 5.69 Å². The molecule has 6 heteroatoms. The van der Waals surface area contributed by atoms with Gasteiger partial charge in [0, 0.05) is 10.6 Å². The third-order valence-electron chi connectivity index (χ3n) is 4.66. The van der Waals surface area contributed by atoms with Crippen LogP contribution in [0.1, 0.15) is 31.7 Å². The Kier molecular flexibility index (Phi) is 4.45. The first-order valence-electron chi connectivity index (χ1n) is 8.44. The number of thiophene rings is 2. The van der Waals surface area contributed by atoms with E-state index in [9.17, 15) is 14.7 Å². The number of benzene rings is 1. The van der Waals surface area contributed by atoms with E-state index in [0.29, 0.717) is 10.6 Å². The molecular formula is C21H17NO3S2. The van der Waals surface area contributed by atoms with E-state index < -0.39 is 17.7 Å². The van der Waals surface area contributed by atoms with E-state index in [-0.39, 0.29) is 11.4 Å². The summed E-state index contributed by atoms with van der Waals surface area (Å²) in [7, 11) is 0. The number of amides is 1. The van der Waals surface area contributed by atoms with Crippen LogP contribution < -0.4 is 4.90 Å². The highest BCUT2D eigenvalue weighted by Crippen LogP contribution is 2.44. The van der Waals surface area contributed by atoms with Gasteiger partial charge in [-0.1, -0.05) is 23.8 Å². The van der Waals surface area contributed by atoms with Gasteiger partial charge in [0.15, 0.2) is 5.76 Å². The summed E-state index contributed by atoms with van der Waals surface area (Å²) in [5, 5.41) is 14.4. The molecular weight excluding hydrogens is 378 g/mol. The van der Waals surface area contributed by atoms with Crippen LogP contribution in [0.3, 0.4) is 0 Å². The Labute approximate surface area is 165 Å². The number of carbonyl (C=O) groups excluding carboxylic acids is 2. The number of rotatable bonds is 4. The first kappa shape index (κ1) is 17.7. The molecule has 1 unspecified atom stereocenters. The third-order valence-corrected chi connectivity index (χ3v) is 6.60. The van der Waals surface area contributed by atoms with E-state index in [1.165, 1.54) is 27.6 Å². The molecule has 0 bridgehead atoms. The highest BCUT2D eigenvalue weighted by Gasteiger charge is 2.45. The van der Waals surface area contributed by atoms with Crippen LogP contribution in [-0.2, 0) is 4.79 Å². The molecule has 0 saturated heterocycles. The molecule has 3 heterocycles. The van der Waals surface area contributed by atoms with Gasteiger partial charge in [0.05, 0.1) is 10.5 Å². The molecule has 1 N–H and O–H groups in total. The second-order valence-corrected chi connectivity index (χ2v) is 8.35. The Morgan fingerprint density at radius 3 is 2.37 bits per heavy atom. The summed E-state index contributed by atoms with van der Waals surface area (Å²) in [4.78, 5) is 29.0. The highest BCUT2D eigenvalue weighted by molar-refractivity contribution is 7.12. The topological polar surface area (TPSA) is 57.6 Å². The SMILES string of the molecule is Cc1ccc(N2C(=O)C(O)=C(C(=O)c3cccs3)C2c2sccc2C)cc1. The van der Waals surface area contributed by atoms with E-state index in [0.717, 1.165) is 16.0 Å². The van der Waals surface area contributed by atoms with E-state index >= 15 is 0 Å². The van der Waals surface area contributed by atoms with Crippen LogP contribution >= 0.6 is 22.7 Å². The molecule has 2 aromatic heterocycles. The molecule has 0 aliphatic carbocycles. The molecule has 27 heavy (non-hydrogen) atoms. The average Bonchev–Trinajstić information content (AvgIpc) is 3.37. The lowest BCUT2D eigenvalue weighted by Gasteiger charge is -2.26. The van der Waals surface area contributed by atoms with E-state index in [2.05, 4.69) is 0 Å². The van der Waals surface area contributed by atoms with Gasteiger partial charge in [-0.15, -0.1) is 22.7 Å². The maximum Gasteiger partial charge on any atom is 0.294 e. The predicted molar refractivity (Wildman–Crippen MR) is 109 cm³/mol. The monoisotopic (exact) mass is 395 g/mol. The Morgan fingerprint density at radius 1 is 1.04 bits per heavy atom. The fourth-order valence-corrected chi connectivity index (χ4v) is 4.96. The maximum absolute atomic E-state index is 13.1. The molecule has 0 radical (unpaired) electrons. The van der Waals surface area contributed by atoms with Gasteiger partial charge >= 0.3 is 0 Å². The Hall–Kier alpha value is -2.70. The number of anilines is 1. The minimum absolute atomic E-state index is 0.147. The number of hydrogen-bond donors (Lipinski definition) is 1. The zero-order chi connectivity index (χ0) is 19.1. The number of nitrogens with zero attached hydrogens (tertiary/aromatic N) is 1. The van der Waals surface area contributed by atoms with Crippen LogP contribution in [-0.4, -0.2) is 16.8 Å². The molecule has 1 aliphatic heterocycles. The number of carbonyl (C=O) groups is 2. The molecule has 1 atom stereocenters. The standard InChI is InChI=1S/C21H17NO3S2/c1-12-5-7-14(8-6-12)22-17(20-13(2)9-11-27-20)16(19(24)21(22)25)18(23)15-4-3-10-26-15/h3-11,17,24H,1-2H3. The van der Waals surface area contributed by atoms with E-state index in [4.69, 9.17) is 0 Å². The molecule has 0 saturated carbocycles. The molecule has 1 aliphatic rings. The summed E-state index contributed by atoms with van der Waals surface area (Å²) in [6, 6.07) is 12.3. The van der Waals surface area contributed by atoms with Gasteiger partial charge in [0.25, 0.3) is 5.91 Å². The number of aryl methyl sites for hydroxylation is 2. The molecule has 1 amide bonds.